The summed E-state index contributed by atoms with van der Waals surface area (Å²) >= 11 is 3.36. The van der Waals surface area contributed by atoms with Gasteiger partial charge in [-0.05, 0) is 29.3 Å². The highest BCUT2D eigenvalue weighted by atomic mass is 79.9. The fourth-order valence-electron chi connectivity index (χ4n) is 1.89. The van der Waals surface area contributed by atoms with Crippen LogP contribution in [-0.4, -0.2) is 20.6 Å². The van der Waals surface area contributed by atoms with E-state index in [-0.39, 0.29) is 5.92 Å². The van der Waals surface area contributed by atoms with E-state index in [9.17, 15) is 4.79 Å². The summed E-state index contributed by atoms with van der Waals surface area (Å²) in [6.45, 7) is 2.66. The first-order valence-corrected chi connectivity index (χ1v) is 5.33. The molecule has 0 spiro atoms. The van der Waals surface area contributed by atoms with Crippen LogP contribution in [-0.2, 0) is 17.8 Å². The zero-order valence-corrected chi connectivity index (χ0v) is 9.41. The molecule has 0 bridgehead atoms. The van der Waals surface area contributed by atoms with Gasteiger partial charge in [-0.15, -0.1) is 0 Å². The number of rotatable bonds is 1. The molecule has 0 amide bonds. The molecule has 2 heterocycles. The molecule has 1 N–H and O–H groups in total. The van der Waals surface area contributed by atoms with Gasteiger partial charge in [0.05, 0.1) is 11.6 Å². The first kappa shape index (κ1) is 9.71. The molecular weight excluding hydrogens is 248 g/mol. The van der Waals surface area contributed by atoms with Crippen molar-refractivity contribution < 1.29 is 9.90 Å². The molecule has 76 valence electrons. The van der Waals surface area contributed by atoms with Gasteiger partial charge in [0.1, 0.15) is 0 Å². The van der Waals surface area contributed by atoms with Crippen LogP contribution in [0.25, 0.3) is 0 Å². The molecule has 1 aliphatic heterocycles. The maximum atomic E-state index is 10.8. The van der Waals surface area contributed by atoms with Crippen molar-refractivity contribution in [3.63, 3.8) is 0 Å². The molecular formula is C9H11BrN2O2. The Balaban J connectivity index is 2.34. The van der Waals surface area contributed by atoms with Crippen LogP contribution < -0.4 is 0 Å². The highest BCUT2D eigenvalue weighted by Crippen LogP contribution is 2.26. The number of carbonyl (C=O) groups is 1. The van der Waals surface area contributed by atoms with Gasteiger partial charge in [-0.2, -0.15) is 0 Å². The van der Waals surface area contributed by atoms with Crippen molar-refractivity contribution in [1.82, 2.24) is 9.55 Å². The van der Waals surface area contributed by atoms with Crippen LogP contribution in [0.15, 0.2) is 4.73 Å². The molecule has 1 aromatic rings. The second-order valence-corrected chi connectivity index (χ2v) is 4.30. The van der Waals surface area contributed by atoms with Crippen LogP contribution in [0.4, 0.5) is 0 Å². The summed E-state index contributed by atoms with van der Waals surface area (Å²) in [4.78, 5) is 15.1. The number of fused-ring (bicyclic) bond motifs is 1. The van der Waals surface area contributed by atoms with E-state index in [0.29, 0.717) is 12.8 Å². The molecule has 4 nitrogen and oxygen atoms in total. The van der Waals surface area contributed by atoms with Gasteiger partial charge in [0.2, 0.25) is 0 Å². The minimum Gasteiger partial charge on any atom is -0.481 e. The van der Waals surface area contributed by atoms with E-state index >= 15 is 0 Å². The Morgan fingerprint density at radius 2 is 2.43 bits per heavy atom. The second-order valence-electron chi connectivity index (χ2n) is 3.59. The van der Waals surface area contributed by atoms with Gasteiger partial charge in [-0.25, -0.2) is 4.98 Å². The molecule has 0 fully saturated rings. The molecule has 0 saturated heterocycles. The summed E-state index contributed by atoms with van der Waals surface area (Å²) in [6, 6.07) is 0. The van der Waals surface area contributed by atoms with E-state index in [1.54, 1.807) is 0 Å². The zero-order chi connectivity index (χ0) is 10.3. The van der Waals surface area contributed by atoms with Gasteiger partial charge < -0.3 is 9.67 Å². The number of carboxylic acid groups (broad SMARTS) is 1. The monoisotopic (exact) mass is 258 g/mol. The van der Waals surface area contributed by atoms with Crippen LogP contribution >= 0.6 is 15.9 Å². The molecule has 0 saturated carbocycles. The summed E-state index contributed by atoms with van der Waals surface area (Å²) in [5, 5.41) is 8.92. The summed E-state index contributed by atoms with van der Waals surface area (Å²) in [5.41, 5.74) is 1.98. The van der Waals surface area contributed by atoms with E-state index < -0.39 is 5.97 Å². The van der Waals surface area contributed by atoms with Crippen molar-refractivity contribution in [3.05, 3.63) is 16.1 Å². The van der Waals surface area contributed by atoms with Gasteiger partial charge >= 0.3 is 5.97 Å². The first-order valence-electron chi connectivity index (χ1n) is 4.54. The number of carboxylic acids is 1. The third-order valence-corrected chi connectivity index (χ3v) is 3.32. The molecule has 0 radical (unpaired) electrons. The zero-order valence-electron chi connectivity index (χ0n) is 7.83. The number of aliphatic carboxylic acids is 1. The largest absolute Gasteiger partial charge is 0.481 e. The molecule has 1 atom stereocenters. The number of halogens is 1. The molecule has 1 unspecified atom stereocenters. The van der Waals surface area contributed by atoms with E-state index in [1.165, 1.54) is 0 Å². The number of hydrogen-bond donors (Lipinski definition) is 1. The third-order valence-electron chi connectivity index (χ3n) is 2.72. The molecule has 0 aliphatic carbocycles. The molecule has 2 rings (SSSR count). The number of aromatic nitrogens is 2. The Morgan fingerprint density at radius 3 is 3.07 bits per heavy atom. The van der Waals surface area contributed by atoms with Crippen LogP contribution in [0.5, 0.6) is 0 Å². The number of aryl methyl sites for hydroxylation is 1. The number of nitrogens with zero attached hydrogens (tertiary/aromatic N) is 2. The maximum Gasteiger partial charge on any atom is 0.306 e. The Labute approximate surface area is 90.1 Å². The lowest BCUT2D eigenvalue weighted by molar-refractivity contribution is -0.142. The molecule has 1 aliphatic rings. The van der Waals surface area contributed by atoms with E-state index in [0.717, 1.165) is 22.7 Å². The average Bonchev–Trinajstić information content (AvgIpc) is 2.42. The van der Waals surface area contributed by atoms with Crippen molar-refractivity contribution >= 4 is 21.9 Å². The Morgan fingerprint density at radius 1 is 1.71 bits per heavy atom. The predicted molar refractivity (Wildman–Crippen MR) is 54.1 cm³/mol. The van der Waals surface area contributed by atoms with Crippen LogP contribution in [0.2, 0.25) is 0 Å². The van der Waals surface area contributed by atoms with E-state index in [2.05, 4.69) is 25.5 Å². The van der Waals surface area contributed by atoms with Crippen LogP contribution in [0.3, 0.4) is 0 Å². The normalized spacial score (nSPS) is 20.6. The standard InChI is InChI=1S/C9H11BrN2O2/c1-5-7-4-6(8(13)14)2-3-12(7)9(10)11-5/h6H,2-4H2,1H3,(H,13,14). The number of hydrogen-bond acceptors (Lipinski definition) is 2. The molecule has 1 aromatic heterocycles. The van der Waals surface area contributed by atoms with E-state index in [1.807, 2.05) is 6.92 Å². The molecule has 14 heavy (non-hydrogen) atoms. The second kappa shape index (κ2) is 3.38. The van der Waals surface area contributed by atoms with Crippen molar-refractivity contribution in [2.45, 2.75) is 26.3 Å². The fourth-order valence-corrected chi connectivity index (χ4v) is 2.54. The lowest BCUT2D eigenvalue weighted by Crippen LogP contribution is -2.25. The SMILES string of the molecule is Cc1nc(Br)n2c1CC(C(=O)O)CC2. The Bertz CT molecular complexity index is 386. The van der Waals surface area contributed by atoms with Gasteiger partial charge in [-0.3, -0.25) is 4.79 Å². The fraction of sp³-hybridized carbons (Fsp3) is 0.556. The topological polar surface area (TPSA) is 55.1 Å². The lowest BCUT2D eigenvalue weighted by Gasteiger charge is -2.21. The van der Waals surface area contributed by atoms with Crippen LogP contribution in [0, 0.1) is 12.8 Å². The molecule has 0 aromatic carbocycles. The highest BCUT2D eigenvalue weighted by Gasteiger charge is 2.27. The average molecular weight is 259 g/mol. The van der Waals surface area contributed by atoms with Crippen molar-refractivity contribution in [2.75, 3.05) is 0 Å². The Hall–Kier alpha value is -0.840. The van der Waals surface area contributed by atoms with Crippen LogP contribution in [0.1, 0.15) is 17.8 Å². The maximum absolute atomic E-state index is 10.8. The molecule has 5 heteroatoms. The highest BCUT2D eigenvalue weighted by molar-refractivity contribution is 9.10. The van der Waals surface area contributed by atoms with Gasteiger partial charge in [0.25, 0.3) is 0 Å². The quantitative estimate of drug-likeness (QED) is 0.833. The minimum absolute atomic E-state index is 0.246. The van der Waals surface area contributed by atoms with Gasteiger partial charge in [0, 0.05) is 18.7 Å². The smallest absolute Gasteiger partial charge is 0.306 e. The predicted octanol–water partition coefficient (Wildman–Crippen LogP) is 1.60. The summed E-state index contributed by atoms with van der Waals surface area (Å²) in [6.07, 6.45) is 1.29. The summed E-state index contributed by atoms with van der Waals surface area (Å²) < 4.78 is 2.86. The Kier molecular flexibility index (Phi) is 2.34. The van der Waals surface area contributed by atoms with Crippen molar-refractivity contribution in [2.24, 2.45) is 5.92 Å². The van der Waals surface area contributed by atoms with Crippen molar-refractivity contribution in [3.8, 4) is 0 Å². The third kappa shape index (κ3) is 1.45. The minimum atomic E-state index is -0.701. The summed E-state index contributed by atoms with van der Waals surface area (Å²) in [7, 11) is 0. The number of imidazole rings is 1. The lowest BCUT2D eigenvalue weighted by atomic mass is 9.95. The summed E-state index contributed by atoms with van der Waals surface area (Å²) in [5.74, 6) is -0.947. The van der Waals surface area contributed by atoms with E-state index in [4.69, 9.17) is 5.11 Å². The first-order chi connectivity index (χ1) is 6.59. The van der Waals surface area contributed by atoms with Gasteiger partial charge in [0.15, 0.2) is 4.73 Å². The van der Waals surface area contributed by atoms with Gasteiger partial charge in [-0.1, -0.05) is 0 Å². The van der Waals surface area contributed by atoms with Crippen molar-refractivity contribution in [1.29, 1.82) is 0 Å².